The fraction of sp³-hybridized carbons (Fsp3) is 0.300. The van der Waals surface area contributed by atoms with Crippen LogP contribution in [0.25, 0.3) is 0 Å². The molecule has 0 saturated heterocycles. The van der Waals surface area contributed by atoms with Gasteiger partial charge in [0.2, 0.25) is 11.9 Å². The highest BCUT2D eigenvalue weighted by Gasteiger charge is 2.58. The first kappa shape index (κ1) is 29.3. The lowest BCUT2D eigenvalue weighted by Crippen LogP contribution is -2.52. The number of carbonyl (C=O) groups excluding carboxylic acids is 3. The minimum Gasteiger partial charge on any atom is -0.342 e. The molecule has 3 aliphatic rings. The van der Waals surface area contributed by atoms with Gasteiger partial charge in [-0.25, -0.2) is 14.3 Å². The lowest BCUT2D eigenvalue weighted by Gasteiger charge is -2.27. The van der Waals surface area contributed by atoms with Crippen LogP contribution in [0.5, 0.6) is 0 Å². The Hall–Kier alpha value is -4.38. The molecule has 228 valence electrons. The predicted molar refractivity (Wildman–Crippen MR) is 163 cm³/mol. The van der Waals surface area contributed by atoms with Crippen molar-refractivity contribution in [2.75, 3.05) is 4.90 Å². The van der Waals surface area contributed by atoms with Gasteiger partial charge in [0, 0.05) is 6.42 Å². The van der Waals surface area contributed by atoms with Crippen LogP contribution < -0.4 is 15.5 Å². The van der Waals surface area contributed by atoms with Crippen LogP contribution in [0.1, 0.15) is 59.2 Å². The van der Waals surface area contributed by atoms with Crippen molar-refractivity contribution in [2.45, 2.75) is 55.6 Å². The summed E-state index contributed by atoms with van der Waals surface area (Å²) < 4.78 is 15.8. The fourth-order valence-electron chi connectivity index (χ4n) is 5.78. The zero-order chi connectivity index (χ0) is 31.7. The standard InChI is InChI=1S/C30H23Cl2FN8O3S/c1-28(12-16-2-4-17(13-34)5-3-16)26(44)40(18-10-19(31)22(33)20(32)11-18)27-35-14-21(41(27)28)23(42)37-29(6-7-29)24(43)38-30(8-9-30)25-39-36-15-45-25/h2-5,10-11,14-15H,6-9,12H2,1H3,(H,37,42)(H,38,43)/t28-/m1/s1. The van der Waals surface area contributed by atoms with E-state index in [4.69, 9.17) is 23.2 Å². The second-order valence-electron chi connectivity index (χ2n) is 11.7. The first-order valence-corrected chi connectivity index (χ1v) is 15.6. The van der Waals surface area contributed by atoms with E-state index in [1.807, 2.05) is 0 Å². The molecule has 45 heavy (non-hydrogen) atoms. The molecule has 2 aliphatic carbocycles. The van der Waals surface area contributed by atoms with Gasteiger partial charge in [0.1, 0.15) is 27.3 Å². The SMILES string of the molecule is C[C@@]1(Cc2ccc(C#N)cc2)C(=O)N(c2cc(Cl)c(F)c(Cl)c2)c2ncc(C(=O)NC3(C(=O)NC4(c5nncs5)CC4)CC3)n21. The molecule has 4 aromatic rings. The maximum atomic E-state index is 14.3. The van der Waals surface area contributed by atoms with Gasteiger partial charge in [-0.15, -0.1) is 21.5 Å². The Labute approximate surface area is 270 Å². The predicted octanol–water partition coefficient (Wildman–Crippen LogP) is 4.76. The molecule has 2 fully saturated rings. The Morgan fingerprint density at radius 3 is 2.38 bits per heavy atom. The Morgan fingerprint density at radius 2 is 1.80 bits per heavy atom. The zero-order valence-corrected chi connectivity index (χ0v) is 25.9. The number of nitriles is 1. The summed E-state index contributed by atoms with van der Waals surface area (Å²) in [5.74, 6) is -2.09. The van der Waals surface area contributed by atoms with Crippen molar-refractivity contribution in [1.82, 2.24) is 30.4 Å². The van der Waals surface area contributed by atoms with Crippen LogP contribution in [0.15, 0.2) is 48.1 Å². The van der Waals surface area contributed by atoms with E-state index < -0.39 is 34.2 Å². The first-order valence-electron chi connectivity index (χ1n) is 14.0. The molecule has 2 aromatic heterocycles. The molecule has 1 aliphatic heterocycles. The number of benzene rings is 2. The topological polar surface area (TPSA) is 146 Å². The highest BCUT2D eigenvalue weighted by molar-refractivity contribution is 7.09. The summed E-state index contributed by atoms with van der Waals surface area (Å²) in [5.41, 5.74) is -0.0684. The van der Waals surface area contributed by atoms with Crippen LogP contribution in [-0.2, 0) is 27.1 Å². The van der Waals surface area contributed by atoms with Gasteiger partial charge in [-0.2, -0.15) is 5.26 Å². The second kappa shape index (κ2) is 10.3. The number of carbonyl (C=O) groups is 3. The molecule has 15 heteroatoms. The maximum Gasteiger partial charge on any atom is 0.270 e. The monoisotopic (exact) mass is 664 g/mol. The Balaban J connectivity index is 1.24. The molecular formula is C30H23Cl2FN8O3S. The Kier molecular flexibility index (Phi) is 6.74. The van der Waals surface area contributed by atoms with Gasteiger partial charge in [-0.3, -0.25) is 19.0 Å². The number of halogens is 3. The molecule has 3 heterocycles. The number of hydrogen-bond donors (Lipinski definition) is 2. The van der Waals surface area contributed by atoms with Gasteiger partial charge >= 0.3 is 0 Å². The molecule has 0 radical (unpaired) electrons. The smallest absolute Gasteiger partial charge is 0.270 e. The summed E-state index contributed by atoms with van der Waals surface area (Å²) in [5, 5.41) is 23.4. The summed E-state index contributed by atoms with van der Waals surface area (Å²) in [6, 6.07) is 11.3. The molecule has 0 spiro atoms. The molecule has 11 nitrogen and oxygen atoms in total. The molecule has 2 N–H and O–H groups in total. The molecule has 0 bridgehead atoms. The van der Waals surface area contributed by atoms with Gasteiger partial charge in [0.25, 0.3) is 11.8 Å². The molecular weight excluding hydrogens is 642 g/mol. The normalized spacial score (nSPS) is 20.3. The number of amides is 3. The van der Waals surface area contributed by atoms with Crippen molar-refractivity contribution in [1.29, 1.82) is 5.26 Å². The van der Waals surface area contributed by atoms with E-state index in [0.29, 0.717) is 18.4 Å². The van der Waals surface area contributed by atoms with Gasteiger partial charge in [-0.05, 0) is 62.4 Å². The van der Waals surface area contributed by atoms with E-state index in [0.717, 1.165) is 23.4 Å². The molecule has 0 unspecified atom stereocenters. The highest BCUT2D eigenvalue weighted by atomic mass is 35.5. The molecule has 2 saturated carbocycles. The largest absolute Gasteiger partial charge is 0.342 e. The van der Waals surface area contributed by atoms with Crippen LogP contribution in [0.2, 0.25) is 10.0 Å². The zero-order valence-electron chi connectivity index (χ0n) is 23.6. The average molecular weight is 666 g/mol. The van der Waals surface area contributed by atoms with E-state index in [1.54, 1.807) is 36.7 Å². The van der Waals surface area contributed by atoms with E-state index in [9.17, 15) is 24.0 Å². The lowest BCUT2D eigenvalue weighted by atomic mass is 9.91. The number of nitrogens with one attached hydrogen (secondary N) is 2. The van der Waals surface area contributed by atoms with Crippen LogP contribution >= 0.6 is 34.5 Å². The van der Waals surface area contributed by atoms with Crippen molar-refractivity contribution >= 4 is 63.9 Å². The molecule has 1 atom stereocenters. The number of fused-ring (bicyclic) bond motifs is 1. The van der Waals surface area contributed by atoms with Gasteiger partial charge < -0.3 is 10.6 Å². The maximum absolute atomic E-state index is 14.3. The van der Waals surface area contributed by atoms with E-state index in [1.165, 1.54) is 39.1 Å². The van der Waals surface area contributed by atoms with Crippen LogP contribution in [0.4, 0.5) is 16.0 Å². The van der Waals surface area contributed by atoms with Crippen molar-refractivity contribution in [3.05, 3.63) is 85.8 Å². The van der Waals surface area contributed by atoms with Crippen LogP contribution in [0, 0.1) is 17.1 Å². The third kappa shape index (κ3) is 4.75. The number of imidazole rings is 1. The van der Waals surface area contributed by atoms with Gasteiger partial charge in [-0.1, -0.05) is 35.3 Å². The number of rotatable bonds is 8. The quantitative estimate of drug-likeness (QED) is 0.258. The lowest BCUT2D eigenvalue weighted by molar-refractivity contribution is -0.125. The number of hydrogen-bond acceptors (Lipinski definition) is 8. The Morgan fingerprint density at radius 1 is 1.11 bits per heavy atom. The molecule has 7 rings (SSSR count). The second-order valence-corrected chi connectivity index (χ2v) is 13.4. The van der Waals surface area contributed by atoms with Crippen molar-refractivity contribution in [3.8, 4) is 6.07 Å². The van der Waals surface area contributed by atoms with E-state index in [2.05, 4.69) is 31.9 Å². The van der Waals surface area contributed by atoms with Crippen molar-refractivity contribution < 1.29 is 18.8 Å². The molecule has 2 aromatic carbocycles. The number of aromatic nitrogens is 4. The van der Waals surface area contributed by atoms with Crippen molar-refractivity contribution in [2.24, 2.45) is 0 Å². The highest BCUT2D eigenvalue weighted by Crippen LogP contribution is 2.48. The summed E-state index contributed by atoms with van der Waals surface area (Å²) in [7, 11) is 0. The van der Waals surface area contributed by atoms with Crippen LogP contribution in [0.3, 0.4) is 0 Å². The summed E-state index contributed by atoms with van der Waals surface area (Å²) >= 11 is 13.5. The molecule has 3 amide bonds. The third-order valence-corrected chi connectivity index (χ3v) is 10.0. The average Bonchev–Trinajstić information content (AvgIpc) is 3.82. The van der Waals surface area contributed by atoms with E-state index in [-0.39, 0.29) is 39.7 Å². The summed E-state index contributed by atoms with van der Waals surface area (Å²) in [4.78, 5) is 47.4. The number of anilines is 2. The number of nitrogens with zero attached hydrogens (tertiary/aromatic N) is 6. The minimum absolute atomic E-state index is 0.0561. The van der Waals surface area contributed by atoms with Crippen LogP contribution in [-0.4, -0.2) is 43.0 Å². The summed E-state index contributed by atoms with van der Waals surface area (Å²) in [6.07, 6.45) is 3.81. The van der Waals surface area contributed by atoms with Gasteiger partial charge in [0.05, 0.1) is 39.1 Å². The fourth-order valence-corrected chi connectivity index (χ4v) is 7.02. The Bertz CT molecular complexity index is 1910. The first-order chi connectivity index (χ1) is 21.5. The third-order valence-electron chi connectivity index (χ3n) is 8.60. The minimum atomic E-state index is -1.39. The summed E-state index contributed by atoms with van der Waals surface area (Å²) in [6.45, 7) is 1.67. The van der Waals surface area contributed by atoms with E-state index >= 15 is 0 Å². The van der Waals surface area contributed by atoms with Gasteiger partial charge in [0.15, 0.2) is 5.82 Å². The van der Waals surface area contributed by atoms with Crippen molar-refractivity contribution in [3.63, 3.8) is 0 Å².